The van der Waals surface area contributed by atoms with Gasteiger partial charge < -0.3 is 9.84 Å². The van der Waals surface area contributed by atoms with Gasteiger partial charge in [0.1, 0.15) is 5.82 Å². The van der Waals surface area contributed by atoms with Gasteiger partial charge in [-0.2, -0.15) is 0 Å². The molecule has 26 heavy (non-hydrogen) atoms. The molecule has 0 aliphatic carbocycles. The van der Waals surface area contributed by atoms with E-state index < -0.39 is 53.6 Å². The van der Waals surface area contributed by atoms with E-state index in [1.807, 2.05) is 0 Å². The van der Waals surface area contributed by atoms with E-state index in [9.17, 15) is 23.9 Å². The Hall–Kier alpha value is -2.03. The number of carbonyl (C=O) groups excluding carboxylic acids is 3. The fraction of sp³-hybridized carbons (Fsp3) is 0.471. The summed E-state index contributed by atoms with van der Waals surface area (Å²) in [6.45, 7) is 0.875. The van der Waals surface area contributed by atoms with Crippen molar-refractivity contribution in [3.8, 4) is 0 Å². The summed E-state index contributed by atoms with van der Waals surface area (Å²) in [5.41, 5.74) is -1.30. The number of aliphatic hydroxyl groups excluding tert-OH is 1. The molecule has 1 aromatic carbocycles. The van der Waals surface area contributed by atoms with Crippen molar-refractivity contribution in [1.29, 1.82) is 0 Å². The highest BCUT2D eigenvalue weighted by molar-refractivity contribution is 6.32. The van der Waals surface area contributed by atoms with Crippen molar-refractivity contribution in [2.24, 2.45) is 11.8 Å². The molecule has 2 fully saturated rings. The summed E-state index contributed by atoms with van der Waals surface area (Å²) >= 11 is 6.27. The average Bonchev–Trinajstić information content (AvgIpc) is 3.08. The number of rotatable bonds is 3. The smallest absolute Gasteiger partial charge is 0.329 e. The molecule has 0 radical (unpaired) electrons. The van der Waals surface area contributed by atoms with E-state index in [4.69, 9.17) is 16.3 Å². The maximum Gasteiger partial charge on any atom is 0.329 e. The van der Waals surface area contributed by atoms with Crippen molar-refractivity contribution >= 4 is 29.4 Å². The number of nitrogens with one attached hydrogen (secondary N) is 1. The Morgan fingerprint density at radius 2 is 2.08 bits per heavy atom. The van der Waals surface area contributed by atoms with Crippen molar-refractivity contribution in [2.45, 2.75) is 18.5 Å². The van der Waals surface area contributed by atoms with Gasteiger partial charge in [-0.1, -0.05) is 17.7 Å². The third-order valence-corrected chi connectivity index (χ3v) is 5.81. The second-order valence-electron chi connectivity index (χ2n) is 6.57. The molecule has 2 N–H and O–H groups in total. The number of methoxy groups -OCH3 is 1. The van der Waals surface area contributed by atoms with E-state index in [0.29, 0.717) is 5.56 Å². The van der Waals surface area contributed by atoms with Gasteiger partial charge in [0.2, 0.25) is 11.8 Å². The minimum Gasteiger partial charge on any atom is -0.468 e. The molecule has 2 aliphatic heterocycles. The first-order chi connectivity index (χ1) is 12.2. The van der Waals surface area contributed by atoms with E-state index in [-0.39, 0.29) is 10.6 Å². The Labute approximate surface area is 154 Å². The number of carbonyl (C=O) groups is 3. The topological polar surface area (TPSA) is 95.9 Å². The summed E-state index contributed by atoms with van der Waals surface area (Å²) in [7, 11) is 2.39. The molecular weight excluding hydrogens is 367 g/mol. The first-order valence-corrected chi connectivity index (χ1v) is 8.32. The fourth-order valence-corrected chi connectivity index (χ4v) is 4.21. The van der Waals surface area contributed by atoms with Crippen LogP contribution >= 0.6 is 11.6 Å². The molecule has 3 rings (SSSR count). The van der Waals surface area contributed by atoms with Crippen LogP contribution in [0.3, 0.4) is 0 Å². The first kappa shape index (κ1) is 18.8. The number of ether oxygens (including phenoxy) is 1. The van der Waals surface area contributed by atoms with Crippen LogP contribution in [0.25, 0.3) is 0 Å². The van der Waals surface area contributed by atoms with Gasteiger partial charge in [0, 0.05) is 12.6 Å². The van der Waals surface area contributed by atoms with Gasteiger partial charge in [-0.15, -0.1) is 0 Å². The number of amides is 2. The highest BCUT2D eigenvalue weighted by Crippen LogP contribution is 2.50. The zero-order valence-corrected chi connectivity index (χ0v) is 15.1. The molecule has 0 unspecified atom stereocenters. The van der Waals surface area contributed by atoms with Crippen molar-refractivity contribution in [3.63, 3.8) is 0 Å². The number of imide groups is 1. The Bertz CT molecular complexity index is 817. The number of esters is 1. The van der Waals surface area contributed by atoms with Gasteiger partial charge in [-0.05, 0) is 18.6 Å². The zero-order valence-electron chi connectivity index (χ0n) is 14.4. The van der Waals surface area contributed by atoms with Crippen molar-refractivity contribution < 1.29 is 28.6 Å². The van der Waals surface area contributed by atoms with Gasteiger partial charge >= 0.3 is 5.97 Å². The normalized spacial score (nSPS) is 30.7. The predicted molar refractivity (Wildman–Crippen MR) is 88.6 cm³/mol. The van der Waals surface area contributed by atoms with E-state index in [1.54, 1.807) is 6.92 Å². The first-order valence-electron chi connectivity index (χ1n) is 7.94. The van der Waals surface area contributed by atoms with Crippen LogP contribution in [0.5, 0.6) is 0 Å². The average molecular weight is 385 g/mol. The zero-order chi connectivity index (χ0) is 19.4. The number of fused-ring (bicyclic) bond motifs is 1. The maximum atomic E-state index is 14.6. The molecule has 2 heterocycles. The molecule has 4 atom stereocenters. The van der Waals surface area contributed by atoms with Crippen LogP contribution < -0.4 is 5.32 Å². The van der Waals surface area contributed by atoms with Gasteiger partial charge in [0.25, 0.3) is 0 Å². The van der Waals surface area contributed by atoms with Crippen LogP contribution in [0, 0.1) is 24.6 Å². The van der Waals surface area contributed by atoms with Crippen LogP contribution in [0.4, 0.5) is 4.39 Å². The minimum absolute atomic E-state index is 0.0163. The highest BCUT2D eigenvalue weighted by atomic mass is 35.5. The standard InChI is InChI=1S/C17H18ClFN2O5/c1-7-4-5-8(19)9(12(7)18)13-10-11(15(24)21(2)14(10)23)17(6-22,20-13)16(25)26-3/h4-5,10-11,13,20,22H,6H2,1-3H3/t10-,11-,13-,17-/m1/s1. The molecule has 140 valence electrons. The van der Waals surface area contributed by atoms with Crippen molar-refractivity contribution in [3.05, 3.63) is 34.1 Å². The Morgan fingerprint density at radius 1 is 1.42 bits per heavy atom. The third kappa shape index (κ3) is 2.29. The number of likely N-dealkylation sites (tertiary alicyclic amines) is 1. The van der Waals surface area contributed by atoms with E-state index in [1.165, 1.54) is 19.2 Å². The van der Waals surface area contributed by atoms with E-state index in [0.717, 1.165) is 12.0 Å². The number of benzene rings is 1. The molecule has 0 aromatic heterocycles. The molecular formula is C17H18ClFN2O5. The van der Waals surface area contributed by atoms with Crippen LogP contribution in [0.1, 0.15) is 17.2 Å². The summed E-state index contributed by atoms with van der Waals surface area (Å²) in [6, 6.07) is 1.62. The number of nitrogens with zero attached hydrogens (tertiary/aromatic N) is 1. The monoisotopic (exact) mass is 384 g/mol. The quantitative estimate of drug-likeness (QED) is 0.584. The summed E-state index contributed by atoms with van der Waals surface area (Å²) in [4.78, 5) is 38.6. The number of halogens is 2. The third-order valence-electron chi connectivity index (χ3n) is 5.30. The minimum atomic E-state index is -1.86. The maximum absolute atomic E-state index is 14.6. The van der Waals surface area contributed by atoms with Crippen LogP contribution in [0.2, 0.25) is 5.02 Å². The van der Waals surface area contributed by atoms with Gasteiger partial charge in [0.15, 0.2) is 5.54 Å². The fourth-order valence-electron chi connectivity index (χ4n) is 3.94. The summed E-state index contributed by atoms with van der Waals surface area (Å²) in [5.74, 6) is -5.11. The molecule has 9 heteroatoms. The number of aliphatic hydroxyl groups is 1. The lowest BCUT2D eigenvalue weighted by atomic mass is 9.79. The van der Waals surface area contributed by atoms with Crippen LogP contribution in [-0.4, -0.2) is 54.1 Å². The van der Waals surface area contributed by atoms with E-state index in [2.05, 4.69) is 5.32 Å². The second kappa shape index (κ2) is 6.29. The highest BCUT2D eigenvalue weighted by Gasteiger charge is 2.68. The lowest BCUT2D eigenvalue weighted by Crippen LogP contribution is -2.58. The lowest BCUT2D eigenvalue weighted by Gasteiger charge is -2.30. The molecule has 2 aliphatic rings. The largest absolute Gasteiger partial charge is 0.468 e. The SMILES string of the molecule is COC(=O)[C@]1(CO)N[C@H](c2c(F)ccc(C)c2Cl)[C@@H]2C(=O)N(C)C(=O)[C@@H]21. The van der Waals surface area contributed by atoms with Gasteiger partial charge in [-0.25, -0.2) is 9.18 Å². The summed E-state index contributed by atoms with van der Waals surface area (Å²) < 4.78 is 19.3. The van der Waals surface area contributed by atoms with Crippen molar-refractivity contribution in [2.75, 3.05) is 20.8 Å². The van der Waals surface area contributed by atoms with Crippen LogP contribution in [0.15, 0.2) is 12.1 Å². The molecule has 7 nitrogen and oxygen atoms in total. The molecule has 2 amide bonds. The summed E-state index contributed by atoms with van der Waals surface area (Å²) in [5, 5.41) is 12.8. The summed E-state index contributed by atoms with van der Waals surface area (Å²) in [6.07, 6.45) is 0. The molecule has 2 saturated heterocycles. The molecule has 1 aromatic rings. The predicted octanol–water partition coefficient (Wildman–Crippen LogP) is 0.567. The number of hydrogen-bond donors (Lipinski definition) is 2. The lowest BCUT2D eigenvalue weighted by molar-refractivity contribution is -0.156. The van der Waals surface area contributed by atoms with Crippen LogP contribution in [-0.2, 0) is 19.1 Å². The van der Waals surface area contributed by atoms with Crippen molar-refractivity contribution in [1.82, 2.24) is 10.2 Å². The number of aryl methyl sites for hydroxylation is 1. The molecule has 0 spiro atoms. The number of hydrogen-bond acceptors (Lipinski definition) is 6. The Morgan fingerprint density at radius 3 is 2.65 bits per heavy atom. The molecule has 0 bridgehead atoms. The van der Waals surface area contributed by atoms with Gasteiger partial charge in [-0.3, -0.25) is 19.8 Å². The molecule has 0 saturated carbocycles. The van der Waals surface area contributed by atoms with E-state index >= 15 is 0 Å². The van der Waals surface area contributed by atoms with Gasteiger partial charge in [0.05, 0.1) is 36.6 Å². The Balaban J connectivity index is 2.23. The Kier molecular flexibility index (Phi) is 4.54. The second-order valence-corrected chi connectivity index (χ2v) is 6.95.